The van der Waals surface area contributed by atoms with E-state index in [1.807, 2.05) is 6.07 Å². The largest absolute Gasteiger partial charge is 0.278 e. The molecule has 104 valence electrons. The lowest BCUT2D eigenvalue weighted by Crippen LogP contribution is -2.22. The number of benzene rings is 2. The van der Waals surface area contributed by atoms with Crippen molar-refractivity contribution in [3.8, 4) is 0 Å². The number of nitrogens with zero attached hydrogens (tertiary/aromatic N) is 2. The zero-order chi connectivity index (χ0) is 14.6. The van der Waals surface area contributed by atoms with Crippen molar-refractivity contribution in [2.45, 2.75) is 4.90 Å². The first-order valence-corrected chi connectivity index (χ1v) is 7.67. The van der Waals surface area contributed by atoms with Crippen LogP contribution in [-0.2, 0) is 10.0 Å². The van der Waals surface area contributed by atoms with Crippen molar-refractivity contribution in [2.75, 3.05) is 7.05 Å². The molecule has 0 aliphatic rings. The van der Waals surface area contributed by atoms with Gasteiger partial charge in [-0.3, -0.25) is 0 Å². The van der Waals surface area contributed by atoms with Gasteiger partial charge in [0.25, 0.3) is 10.0 Å². The predicted molar refractivity (Wildman–Crippen MR) is 80.2 cm³/mol. The van der Waals surface area contributed by atoms with E-state index in [1.54, 1.807) is 42.5 Å². The van der Waals surface area contributed by atoms with E-state index in [4.69, 9.17) is 11.6 Å². The Labute approximate surface area is 123 Å². The summed E-state index contributed by atoms with van der Waals surface area (Å²) in [7, 11) is -2.33. The average Bonchev–Trinajstić information content (AvgIpc) is 2.49. The molecule has 6 heteroatoms. The van der Waals surface area contributed by atoms with E-state index >= 15 is 0 Å². The highest BCUT2D eigenvalue weighted by Gasteiger charge is 2.19. The van der Waals surface area contributed by atoms with Gasteiger partial charge in [-0.05, 0) is 12.1 Å². The van der Waals surface area contributed by atoms with Crippen LogP contribution in [0.25, 0.3) is 0 Å². The number of rotatable bonds is 4. The number of sulfonamides is 1. The fraction of sp³-hybridized carbons (Fsp3) is 0.0714. The minimum Gasteiger partial charge on any atom is -0.200 e. The third-order valence-corrected chi connectivity index (χ3v) is 4.57. The molecule has 0 aliphatic carbocycles. The van der Waals surface area contributed by atoms with E-state index in [-0.39, 0.29) is 10.1 Å². The molecule has 0 fully saturated rings. The van der Waals surface area contributed by atoms with Crippen molar-refractivity contribution in [3.05, 3.63) is 66.2 Å². The molecule has 0 unspecified atom stereocenters. The standard InChI is InChI=1S/C14H13ClN2O2S/c1-17(16-14(15)12-8-4-2-5-9-12)20(18,19)13-10-6-3-7-11-13/h2-11H,1H3/b16-14-. The van der Waals surface area contributed by atoms with E-state index < -0.39 is 10.0 Å². The SMILES string of the molecule is CN(/N=C(\Cl)c1ccccc1)S(=O)(=O)c1ccccc1. The molecule has 0 aliphatic heterocycles. The molecule has 0 radical (unpaired) electrons. The van der Waals surface area contributed by atoms with Crippen LogP contribution in [0.1, 0.15) is 5.56 Å². The molecule has 0 saturated carbocycles. The third-order valence-electron chi connectivity index (χ3n) is 2.63. The Morgan fingerprint density at radius 1 is 1.00 bits per heavy atom. The number of halogens is 1. The maximum Gasteiger partial charge on any atom is 0.278 e. The summed E-state index contributed by atoms with van der Waals surface area (Å²) in [5, 5.41) is 4.04. The molecule has 0 heterocycles. The lowest BCUT2D eigenvalue weighted by molar-refractivity contribution is 0.490. The summed E-state index contributed by atoms with van der Waals surface area (Å²) in [6.07, 6.45) is 0. The fourth-order valence-corrected chi connectivity index (χ4v) is 2.84. The molecule has 2 aromatic rings. The molecule has 0 aromatic heterocycles. The molecule has 0 atom stereocenters. The van der Waals surface area contributed by atoms with Crippen molar-refractivity contribution in [3.63, 3.8) is 0 Å². The van der Waals surface area contributed by atoms with Gasteiger partial charge in [0, 0.05) is 12.6 Å². The summed E-state index contributed by atoms with van der Waals surface area (Å²) in [6.45, 7) is 0. The first kappa shape index (κ1) is 14.6. The first-order chi connectivity index (χ1) is 9.51. The van der Waals surface area contributed by atoms with Crippen LogP contribution in [0.3, 0.4) is 0 Å². The van der Waals surface area contributed by atoms with Crippen molar-refractivity contribution >= 4 is 26.8 Å². The maximum absolute atomic E-state index is 12.3. The quantitative estimate of drug-likeness (QED) is 0.644. The zero-order valence-electron chi connectivity index (χ0n) is 10.8. The number of hydrogen-bond acceptors (Lipinski definition) is 3. The third kappa shape index (κ3) is 3.18. The van der Waals surface area contributed by atoms with Crippen molar-refractivity contribution < 1.29 is 8.42 Å². The van der Waals surface area contributed by atoms with Gasteiger partial charge in [0.1, 0.15) is 0 Å². The highest BCUT2D eigenvalue weighted by atomic mass is 35.5. The van der Waals surface area contributed by atoms with Crippen LogP contribution >= 0.6 is 11.6 Å². The van der Waals surface area contributed by atoms with Gasteiger partial charge >= 0.3 is 0 Å². The molecular weight excluding hydrogens is 296 g/mol. The smallest absolute Gasteiger partial charge is 0.200 e. The second kappa shape index (κ2) is 6.07. The Bertz CT molecular complexity index is 700. The van der Waals surface area contributed by atoms with Gasteiger partial charge in [0.15, 0.2) is 5.17 Å². The van der Waals surface area contributed by atoms with Gasteiger partial charge in [0.05, 0.1) is 4.90 Å². The minimum atomic E-state index is -3.68. The van der Waals surface area contributed by atoms with Crippen LogP contribution < -0.4 is 0 Å². The zero-order valence-corrected chi connectivity index (χ0v) is 12.3. The molecule has 0 bridgehead atoms. The van der Waals surface area contributed by atoms with Crippen LogP contribution in [-0.4, -0.2) is 25.1 Å². The van der Waals surface area contributed by atoms with Gasteiger partial charge in [-0.25, -0.2) is 0 Å². The van der Waals surface area contributed by atoms with E-state index in [0.717, 1.165) is 4.41 Å². The summed E-state index contributed by atoms with van der Waals surface area (Å²) >= 11 is 6.04. The molecule has 20 heavy (non-hydrogen) atoms. The summed E-state index contributed by atoms with van der Waals surface area (Å²) in [5.41, 5.74) is 0.657. The van der Waals surface area contributed by atoms with Crippen molar-refractivity contribution in [2.24, 2.45) is 5.10 Å². The van der Waals surface area contributed by atoms with Crippen LogP contribution in [0.4, 0.5) is 0 Å². The summed E-state index contributed by atoms with van der Waals surface area (Å²) in [6, 6.07) is 17.1. The second-order valence-corrected chi connectivity index (χ2v) is 6.32. The predicted octanol–water partition coefficient (Wildman–Crippen LogP) is 2.91. The molecular formula is C14H13ClN2O2S. The lowest BCUT2D eigenvalue weighted by atomic mass is 10.2. The molecule has 0 saturated heterocycles. The van der Waals surface area contributed by atoms with Gasteiger partial charge in [-0.1, -0.05) is 60.1 Å². The highest BCUT2D eigenvalue weighted by molar-refractivity contribution is 7.89. The van der Waals surface area contributed by atoms with E-state index in [2.05, 4.69) is 5.10 Å². The average molecular weight is 309 g/mol. The highest BCUT2D eigenvalue weighted by Crippen LogP contribution is 2.15. The van der Waals surface area contributed by atoms with Crippen molar-refractivity contribution in [1.29, 1.82) is 0 Å². The molecule has 2 aromatic carbocycles. The van der Waals surface area contributed by atoms with E-state index in [0.29, 0.717) is 5.56 Å². The molecule has 4 nitrogen and oxygen atoms in total. The lowest BCUT2D eigenvalue weighted by Gasteiger charge is -2.14. The van der Waals surface area contributed by atoms with Crippen LogP contribution in [0, 0.1) is 0 Å². The van der Waals surface area contributed by atoms with Gasteiger partial charge in [-0.2, -0.15) is 12.8 Å². The number of hydrogen-bond donors (Lipinski definition) is 0. The van der Waals surface area contributed by atoms with E-state index in [9.17, 15) is 8.42 Å². The van der Waals surface area contributed by atoms with Crippen LogP contribution in [0.5, 0.6) is 0 Å². The first-order valence-electron chi connectivity index (χ1n) is 5.85. The minimum absolute atomic E-state index is 0.118. The Kier molecular flexibility index (Phi) is 4.42. The van der Waals surface area contributed by atoms with Crippen molar-refractivity contribution in [1.82, 2.24) is 4.41 Å². The number of hydrazone groups is 1. The van der Waals surface area contributed by atoms with Gasteiger partial charge < -0.3 is 0 Å². The Balaban J connectivity index is 2.30. The Morgan fingerprint density at radius 3 is 2.05 bits per heavy atom. The van der Waals surface area contributed by atoms with Crippen LogP contribution in [0.2, 0.25) is 0 Å². The van der Waals surface area contributed by atoms with Gasteiger partial charge in [-0.15, -0.1) is 5.10 Å². The summed E-state index contributed by atoms with van der Waals surface area (Å²) in [4.78, 5) is 0.170. The molecule has 0 N–H and O–H groups in total. The summed E-state index contributed by atoms with van der Waals surface area (Å²) < 4.78 is 25.4. The maximum atomic E-state index is 12.3. The molecule has 0 spiro atoms. The van der Waals surface area contributed by atoms with E-state index in [1.165, 1.54) is 19.2 Å². The monoisotopic (exact) mass is 308 g/mol. The topological polar surface area (TPSA) is 49.7 Å². The molecule has 0 amide bonds. The Hall–Kier alpha value is -1.85. The van der Waals surface area contributed by atoms with Gasteiger partial charge in [0.2, 0.25) is 0 Å². The van der Waals surface area contributed by atoms with Crippen LogP contribution in [0.15, 0.2) is 70.7 Å². The molecule has 2 rings (SSSR count). The Morgan fingerprint density at radius 2 is 1.50 bits per heavy atom. The normalized spacial score (nSPS) is 12.2. The fourth-order valence-electron chi connectivity index (χ4n) is 1.56. The second-order valence-electron chi connectivity index (χ2n) is 4.01. The summed E-state index contributed by atoms with van der Waals surface area (Å²) in [5.74, 6) is 0.